The van der Waals surface area contributed by atoms with E-state index < -0.39 is 0 Å². The van der Waals surface area contributed by atoms with Crippen molar-refractivity contribution < 1.29 is 0 Å². The lowest BCUT2D eigenvalue weighted by molar-refractivity contribution is 0.708. The van der Waals surface area contributed by atoms with Crippen LogP contribution >= 0.6 is 22.9 Å². The summed E-state index contributed by atoms with van der Waals surface area (Å²) in [5, 5.41) is 1.10. The zero-order chi connectivity index (χ0) is 8.39. The van der Waals surface area contributed by atoms with Gasteiger partial charge in [0.25, 0.3) is 0 Å². The Morgan fingerprint density at radius 1 is 1.25 bits per heavy atom. The molecular formula is C9H12ClNS. The van der Waals surface area contributed by atoms with E-state index in [1.807, 2.05) is 0 Å². The van der Waals surface area contributed by atoms with E-state index in [9.17, 15) is 0 Å². The van der Waals surface area contributed by atoms with Crippen molar-refractivity contribution in [3.63, 3.8) is 0 Å². The molecular weight excluding hydrogens is 190 g/mol. The molecule has 1 aromatic rings. The summed E-state index contributed by atoms with van der Waals surface area (Å²) in [6, 6.07) is 0. The van der Waals surface area contributed by atoms with Gasteiger partial charge in [-0.15, -0.1) is 22.9 Å². The lowest BCUT2D eigenvalue weighted by atomic mass is 10.2. The molecule has 0 atom stereocenters. The summed E-state index contributed by atoms with van der Waals surface area (Å²) in [6.45, 7) is 0. The third-order valence-corrected chi connectivity index (χ3v) is 3.82. The van der Waals surface area contributed by atoms with E-state index in [0.29, 0.717) is 5.88 Å². The Kier molecular flexibility index (Phi) is 2.66. The summed E-state index contributed by atoms with van der Waals surface area (Å²) in [7, 11) is 0. The molecule has 0 N–H and O–H groups in total. The van der Waals surface area contributed by atoms with Gasteiger partial charge in [0.05, 0.1) is 11.6 Å². The van der Waals surface area contributed by atoms with Crippen molar-refractivity contribution in [1.29, 1.82) is 0 Å². The fraction of sp³-hybridized carbons (Fsp3) is 0.667. The molecule has 0 radical (unpaired) electrons. The Balaban J connectivity index is 2.26. The highest BCUT2D eigenvalue weighted by atomic mass is 35.5. The number of alkyl halides is 1. The van der Waals surface area contributed by atoms with E-state index in [1.54, 1.807) is 11.3 Å². The van der Waals surface area contributed by atoms with Gasteiger partial charge >= 0.3 is 0 Å². The van der Waals surface area contributed by atoms with Crippen LogP contribution in [0.25, 0.3) is 0 Å². The number of nitrogens with zero attached hydrogens (tertiary/aromatic N) is 1. The number of aryl methyl sites for hydroxylation is 2. The molecule has 1 aliphatic carbocycles. The fourth-order valence-electron chi connectivity index (χ4n) is 1.64. The largest absolute Gasteiger partial charge is 0.245 e. The van der Waals surface area contributed by atoms with Crippen molar-refractivity contribution in [1.82, 2.24) is 4.98 Å². The summed E-state index contributed by atoms with van der Waals surface area (Å²) in [5.41, 5.74) is 1.33. The van der Waals surface area contributed by atoms with E-state index in [2.05, 4.69) is 4.98 Å². The van der Waals surface area contributed by atoms with E-state index in [0.717, 1.165) is 5.01 Å². The van der Waals surface area contributed by atoms with Crippen LogP contribution in [-0.2, 0) is 18.7 Å². The molecule has 0 fully saturated rings. The van der Waals surface area contributed by atoms with Crippen LogP contribution in [0.5, 0.6) is 0 Å². The Hall–Kier alpha value is -0.0800. The van der Waals surface area contributed by atoms with E-state index in [4.69, 9.17) is 11.6 Å². The van der Waals surface area contributed by atoms with Gasteiger partial charge in [0.1, 0.15) is 5.01 Å². The molecule has 0 spiro atoms. The quantitative estimate of drug-likeness (QED) is 0.503. The molecule has 66 valence electrons. The summed E-state index contributed by atoms with van der Waals surface area (Å²) in [5.74, 6) is 0.581. The Bertz CT molecular complexity index is 246. The zero-order valence-corrected chi connectivity index (χ0v) is 8.55. The highest BCUT2D eigenvalue weighted by Crippen LogP contribution is 2.26. The molecule has 0 bridgehead atoms. The average Bonchev–Trinajstić information content (AvgIpc) is 2.37. The smallest absolute Gasteiger partial charge is 0.108 e. The monoisotopic (exact) mass is 201 g/mol. The summed E-state index contributed by atoms with van der Waals surface area (Å²) < 4.78 is 0. The van der Waals surface area contributed by atoms with Gasteiger partial charge in [-0.3, -0.25) is 0 Å². The van der Waals surface area contributed by atoms with Gasteiger partial charge in [0.2, 0.25) is 0 Å². The number of halogens is 1. The van der Waals surface area contributed by atoms with Crippen LogP contribution in [0.2, 0.25) is 0 Å². The highest BCUT2D eigenvalue weighted by Gasteiger charge is 2.12. The van der Waals surface area contributed by atoms with Gasteiger partial charge in [-0.2, -0.15) is 0 Å². The van der Waals surface area contributed by atoms with Crippen LogP contribution in [0.4, 0.5) is 0 Å². The van der Waals surface area contributed by atoms with Gasteiger partial charge in [0, 0.05) is 4.88 Å². The molecule has 0 amide bonds. The summed E-state index contributed by atoms with van der Waals surface area (Å²) in [6.07, 6.45) is 6.39. The third-order valence-electron chi connectivity index (χ3n) is 2.25. The van der Waals surface area contributed by atoms with Gasteiger partial charge in [-0.25, -0.2) is 4.98 Å². The summed E-state index contributed by atoms with van der Waals surface area (Å²) in [4.78, 5) is 6.00. The van der Waals surface area contributed by atoms with Crippen molar-refractivity contribution in [2.45, 2.75) is 38.0 Å². The van der Waals surface area contributed by atoms with Crippen molar-refractivity contribution in [3.05, 3.63) is 15.6 Å². The third kappa shape index (κ3) is 1.64. The predicted molar refractivity (Wildman–Crippen MR) is 52.9 cm³/mol. The molecule has 0 unspecified atom stereocenters. The first-order valence-corrected chi connectivity index (χ1v) is 5.78. The van der Waals surface area contributed by atoms with Crippen LogP contribution in [0, 0.1) is 0 Å². The van der Waals surface area contributed by atoms with Crippen molar-refractivity contribution in [2.75, 3.05) is 0 Å². The molecule has 2 rings (SSSR count). The van der Waals surface area contributed by atoms with Gasteiger partial charge < -0.3 is 0 Å². The standard InChI is InChI=1S/C9H12ClNS/c10-6-9-11-7-4-2-1-3-5-8(7)12-9/h1-6H2. The number of hydrogen-bond acceptors (Lipinski definition) is 2. The second kappa shape index (κ2) is 3.75. The molecule has 1 heterocycles. The minimum atomic E-state index is 0.581. The highest BCUT2D eigenvalue weighted by molar-refractivity contribution is 7.11. The van der Waals surface area contributed by atoms with E-state index in [1.165, 1.54) is 42.7 Å². The number of fused-ring (bicyclic) bond motifs is 1. The molecule has 0 aromatic carbocycles. The van der Waals surface area contributed by atoms with Gasteiger partial charge in [-0.1, -0.05) is 6.42 Å². The first-order chi connectivity index (χ1) is 5.90. The number of rotatable bonds is 1. The average molecular weight is 202 g/mol. The van der Waals surface area contributed by atoms with Crippen LogP contribution in [0.3, 0.4) is 0 Å². The van der Waals surface area contributed by atoms with Gasteiger partial charge in [0.15, 0.2) is 0 Å². The first kappa shape index (κ1) is 8.52. The topological polar surface area (TPSA) is 12.9 Å². The maximum Gasteiger partial charge on any atom is 0.108 e. The Labute approximate surface area is 81.8 Å². The maximum absolute atomic E-state index is 5.74. The lowest BCUT2D eigenvalue weighted by Crippen LogP contribution is -1.86. The van der Waals surface area contributed by atoms with Crippen LogP contribution in [0.15, 0.2) is 0 Å². The van der Waals surface area contributed by atoms with Crippen LogP contribution in [0.1, 0.15) is 34.8 Å². The zero-order valence-electron chi connectivity index (χ0n) is 6.98. The molecule has 1 aromatic heterocycles. The number of thiazole rings is 1. The number of hydrogen-bond donors (Lipinski definition) is 0. The molecule has 0 saturated carbocycles. The van der Waals surface area contributed by atoms with E-state index in [-0.39, 0.29) is 0 Å². The molecule has 0 aliphatic heterocycles. The maximum atomic E-state index is 5.74. The normalized spacial score (nSPS) is 17.1. The van der Waals surface area contributed by atoms with Crippen LogP contribution in [-0.4, -0.2) is 4.98 Å². The van der Waals surface area contributed by atoms with E-state index >= 15 is 0 Å². The minimum absolute atomic E-state index is 0.581. The SMILES string of the molecule is ClCc1nc2c(s1)CCCCC2. The van der Waals surface area contributed by atoms with Crippen molar-refractivity contribution in [2.24, 2.45) is 0 Å². The lowest BCUT2D eigenvalue weighted by Gasteiger charge is -1.90. The van der Waals surface area contributed by atoms with Crippen molar-refractivity contribution in [3.8, 4) is 0 Å². The molecule has 12 heavy (non-hydrogen) atoms. The fourth-order valence-corrected chi connectivity index (χ4v) is 2.87. The molecule has 0 saturated heterocycles. The molecule has 1 nitrogen and oxygen atoms in total. The Morgan fingerprint density at radius 2 is 2.08 bits per heavy atom. The summed E-state index contributed by atoms with van der Waals surface area (Å²) >= 11 is 7.54. The predicted octanol–water partition coefficient (Wildman–Crippen LogP) is 3.15. The first-order valence-electron chi connectivity index (χ1n) is 4.43. The van der Waals surface area contributed by atoms with Crippen molar-refractivity contribution >= 4 is 22.9 Å². The van der Waals surface area contributed by atoms with Crippen LogP contribution < -0.4 is 0 Å². The molecule has 3 heteroatoms. The minimum Gasteiger partial charge on any atom is -0.245 e. The second-order valence-corrected chi connectivity index (χ2v) is 4.61. The second-order valence-electron chi connectivity index (χ2n) is 3.17. The Morgan fingerprint density at radius 3 is 2.92 bits per heavy atom. The van der Waals surface area contributed by atoms with Gasteiger partial charge in [-0.05, 0) is 25.7 Å². The molecule has 1 aliphatic rings. The number of aromatic nitrogens is 1.